The van der Waals surface area contributed by atoms with Crippen molar-refractivity contribution in [3.05, 3.63) is 54.4 Å². The van der Waals surface area contributed by atoms with Crippen LogP contribution in [0.4, 0.5) is 17.3 Å². The number of para-hydroxylation sites is 1. The van der Waals surface area contributed by atoms with Crippen molar-refractivity contribution in [3.8, 4) is 0 Å². The SMILES string of the molecule is C1=C(CCNc2cc(N3CCN(c4ccccc4)CC3)ncn2)CCCC1. The van der Waals surface area contributed by atoms with E-state index >= 15 is 0 Å². The van der Waals surface area contributed by atoms with Crippen LogP contribution in [-0.2, 0) is 0 Å². The lowest BCUT2D eigenvalue weighted by Gasteiger charge is -2.36. The molecule has 1 aromatic carbocycles. The Kier molecular flexibility index (Phi) is 5.87. The minimum absolute atomic E-state index is 0.932. The van der Waals surface area contributed by atoms with Crippen molar-refractivity contribution in [1.82, 2.24) is 9.97 Å². The summed E-state index contributed by atoms with van der Waals surface area (Å²) in [6.07, 6.45) is 10.4. The number of piperazine rings is 1. The first-order valence-electron chi connectivity index (χ1n) is 10.2. The molecular weight excluding hydrogens is 334 g/mol. The Bertz CT molecular complexity index is 750. The zero-order chi connectivity index (χ0) is 18.3. The lowest BCUT2D eigenvalue weighted by molar-refractivity contribution is 0.647. The standard InChI is InChI=1S/C22H29N5/c1-3-7-19(8-4-1)11-12-23-21-17-22(25-18-24-21)27-15-13-26(14-16-27)20-9-5-2-6-10-20/h2,5-7,9-10,17-18H,1,3-4,8,11-16H2,(H,23,24,25). The third kappa shape index (κ3) is 4.79. The van der Waals surface area contributed by atoms with Gasteiger partial charge in [-0.05, 0) is 44.2 Å². The van der Waals surface area contributed by atoms with Crippen LogP contribution in [0.5, 0.6) is 0 Å². The largest absolute Gasteiger partial charge is 0.370 e. The Balaban J connectivity index is 1.29. The van der Waals surface area contributed by atoms with Gasteiger partial charge in [-0.1, -0.05) is 29.8 Å². The number of anilines is 3. The molecule has 1 saturated heterocycles. The smallest absolute Gasteiger partial charge is 0.134 e. The average Bonchev–Trinajstić information content (AvgIpc) is 2.76. The molecule has 4 rings (SSSR count). The van der Waals surface area contributed by atoms with Gasteiger partial charge < -0.3 is 15.1 Å². The number of allylic oxidation sites excluding steroid dienone is 1. The highest BCUT2D eigenvalue weighted by molar-refractivity contribution is 5.52. The van der Waals surface area contributed by atoms with Crippen LogP contribution in [0.15, 0.2) is 54.4 Å². The van der Waals surface area contributed by atoms with Crippen LogP contribution in [0.25, 0.3) is 0 Å². The Morgan fingerprint density at radius 2 is 1.74 bits per heavy atom. The van der Waals surface area contributed by atoms with Gasteiger partial charge in [0.1, 0.15) is 18.0 Å². The molecule has 142 valence electrons. The summed E-state index contributed by atoms with van der Waals surface area (Å²) < 4.78 is 0. The Morgan fingerprint density at radius 1 is 0.926 bits per heavy atom. The average molecular weight is 364 g/mol. The van der Waals surface area contributed by atoms with Gasteiger partial charge in [0, 0.05) is 44.5 Å². The van der Waals surface area contributed by atoms with E-state index in [2.05, 4.69) is 67.6 Å². The van der Waals surface area contributed by atoms with Crippen molar-refractivity contribution in [1.29, 1.82) is 0 Å². The van der Waals surface area contributed by atoms with Crippen LogP contribution >= 0.6 is 0 Å². The minimum Gasteiger partial charge on any atom is -0.370 e. The van der Waals surface area contributed by atoms with E-state index in [1.54, 1.807) is 11.9 Å². The molecule has 0 saturated carbocycles. The number of nitrogens with zero attached hydrogens (tertiary/aromatic N) is 4. The molecule has 2 heterocycles. The molecule has 1 aliphatic heterocycles. The van der Waals surface area contributed by atoms with E-state index in [0.29, 0.717) is 0 Å². The summed E-state index contributed by atoms with van der Waals surface area (Å²) in [4.78, 5) is 13.7. The molecule has 0 radical (unpaired) electrons. The highest BCUT2D eigenvalue weighted by Crippen LogP contribution is 2.22. The monoisotopic (exact) mass is 363 g/mol. The molecule has 1 N–H and O–H groups in total. The molecular formula is C22H29N5. The molecule has 0 spiro atoms. The zero-order valence-corrected chi connectivity index (χ0v) is 16.0. The summed E-state index contributed by atoms with van der Waals surface area (Å²) in [6.45, 7) is 4.95. The number of nitrogens with one attached hydrogen (secondary N) is 1. The van der Waals surface area contributed by atoms with Gasteiger partial charge in [-0.25, -0.2) is 9.97 Å². The van der Waals surface area contributed by atoms with Gasteiger partial charge in [0.25, 0.3) is 0 Å². The first-order chi connectivity index (χ1) is 13.4. The van der Waals surface area contributed by atoms with E-state index in [4.69, 9.17) is 0 Å². The number of hydrogen-bond donors (Lipinski definition) is 1. The van der Waals surface area contributed by atoms with Gasteiger partial charge in [0.2, 0.25) is 0 Å². The second-order valence-electron chi connectivity index (χ2n) is 7.36. The lowest BCUT2D eigenvalue weighted by atomic mass is 9.97. The van der Waals surface area contributed by atoms with Gasteiger partial charge in [0.15, 0.2) is 0 Å². The Labute approximate surface area is 162 Å². The first kappa shape index (κ1) is 17.8. The van der Waals surface area contributed by atoms with E-state index < -0.39 is 0 Å². The number of aromatic nitrogens is 2. The van der Waals surface area contributed by atoms with Gasteiger partial charge >= 0.3 is 0 Å². The normalized spacial score (nSPS) is 17.6. The fourth-order valence-electron chi connectivity index (χ4n) is 3.93. The van der Waals surface area contributed by atoms with Crippen LogP contribution in [0, 0.1) is 0 Å². The van der Waals surface area contributed by atoms with Crippen molar-refractivity contribution in [2.24, 2.45) is 0 Å². The van der Waals surface area contributed by atoms with E-state index in [0.717, 1.165) is 50.8 Å². The number of benzene rings is 1. The van der Waals surface area contributed by atoms with Gasteiger partial charge in [0.05, 0.1) is 0 Å². The maximum Gasteiger partial charge on any atom is 0.134 e. The molecule has 1 aliphatic carbocycles. The molecule has 0 bridgehead atoms. The third-order valence-corrected chi connectivity index (χ3v) is 5.51. The van der Waals surface area contributed by atoms with E-state index in [9.17, 15) is 0 Å². The predicted octanol–water partition coefficient (Wildman–Crippen LogP) is 4.11. The van der Waals surface area contributed by atoms with Crippen molar-refractivity contribution < 1.29 is 0 Å². The summed E-state index contributed by atoms with van der Waals surface area (Å²) in [5.74, 6) is 1.96. The second kappa shape index (κ2) is 8.89. The quantitative estimate of drug-likeness (QED) is 0.783. The van der Waals surface area contributed by atoms with Crippen LogP contribution < -0.4 is 15.1 Å². The molecule has 0 amide bonds. The molecule has 2 aromatic rings. The molecule has 5 nitrogen and oxygen atoms in total. The molecule has 5 heteroatoms. The van der Waals surface area contributed by atoms with Crippen molar-refractivity contribution in [3.63, 3.8) is 0 Å². The first-order valence-corrected chi connectivity index (χ1v) is 10.2. The topological polar surface area (TPSA) is 44.3 Å². The summed E-state index contributed by atoms with van der Waals surface area (Å²) in [5, 5.41) is 3.48. The second-order valence-corrected chi connectivity index (χ2v) is 7.36. The number of hydrogen-bond acceptors (Lipinski definition) is 5. The fourth-order valence-corrected chi connectivity index (χ4v) is 3.93. The van der Waals surface area contributed by atoms with E-state index in [-0.39, 0.29) is 0 Å². The Morgan fingerprint density at radius 3 is 2.52 bits per heavy atom. The summed E-state index contributed by atoms with van der Waals surface area (Å²) in [5.41, 5.74) is 2.90. The number of rotatable bonds is 6. The Hall–Kier alpha value is -2.56. The summed E-state index contributed by atoms with van der Waals surface area (Å²) in [7, 11) is 0. The zero-order valence-electron chi connectivity index (χ0n) is 16.0. The molecule has 1 aromatic heterocycles. The highest BCUT2D eigenvalue weighted by Gasteiger charge is 2.18. The van der Waals surface area contributed by atoms with Gasteiger partial charge in [-0.2, -0.15) is 0 Å². The fraction of sp³-hybridized carbons (Fsp3) is 0.455. The molecule has 27 heavy (non-hydrogen) atoms. The maximum absolute atomic E-state index is 4.50. The maximum atomic E-state index is 4.50. The van der Waals surface area contributed by atoms with Crippen molar-refractivity contribution in [2.75, 3.05) is 47.8 Å². The molecule has 0 atom stereocenters. The van der Waals surface area contributed by atoms with Crippen molar-refractivity contribution >= 4 is 17.3 Å². The lowest BCUT2D eigenvalue weighted by Crippen LogP contribution is -2.46. The molecule has 0 unspecified atom stereocenters. The summed E-state index contributed by atoms with van der Waals surface area (Å²) in [6, 6.07) is 12.7. The van der Waals surface area contributed by atoms with Crippen molar-refractivity contribution in [2.45, 2.75) is 32.1 Å². The van der Waals surface area contributed by atoms with Crippen LogP contribution in [0.2, 0.25) is 0 Å². The molecule has 1 fully saturated rings. The minimum atomic E-state index is 0.932. The van der Waals surface area contributed by atoms with Crippen LogP contribution in [-0.4, -0.2) is 42.7 Å². The predicted molar refractivity (Wildman–Crippen MR) is 113 cm³/mol. The van der Waals surface area contributed by atoms with E-state index in [1.807, 2.05) is 0 Å². The van der Waals surface area contributed by atoms with E-state index in [1.165, 1.54) is 31.4 Å². The van der Waals surface area contributed by atoms with Gasteiger partial charge in [-0.15, -0.1) is 0 Å². The summed E-state index contributed by atoms with van der Waals surface area (Å²) >= 11 is 0. The van der Waals surface area contributed by atoms with Crippen LogP contribution in [0.1, 0.15) is 32.1 Å². The van der Waals surface area contributed by atoms with Gasteiger partial charge in [-0.3, -0.25) is 0 Å². The van der Waals surface area contributed by atoms with Crippen LogP contribution in [0.3, 0.4) is 0 Å². The molecule has 2 aliphatic rings. The third-order valence-electron chi connectivity index (χ3n) is 5.51. The highest BCUT2D eigenvalue weighted by atomic mass is 15.3.